The summed E-state index contributed by atoms with van der Waals surface area (Å²) in [6.45, 7) is 2.83. The molecular formula is C12H21NO. The minimum atomic E-state index is 0.410. The third-order valence-corrected chi connectivity index (χ3v) is 2.79. The van der Waals surface area contributed by atoms with Crippen LogP contribution in [0.5, 0.6) is 0 Å². The van der Waals surface area contributed by atoms with Crippen LogP contribution in [-0.4, -0.2) is 25.8 Å². The molecule has 1 aliphatic heterocycles. The summed E-state index contributed by atoms with van der Waals surface area (Å²) in [4.78, 5) is 0. The predicted octanol–water partition coefficient (Wildman–Crippen LogP) is 1.95. The Morgan fingerprint density at radius 1 is 1.50 bits per heavy atom. The van der Waals surface area contributed by atoms with Crippen molar-refractivity contribution in [3.63, 3.8) is 0 Å². The molecular weight excluding hydrogens is 174 g/mol. The fraction of sp³-hybridized carbons (Fsp3) is 0.833. The van der Waals surface area contributed by atoms with Gasteiger partial charge in [-0.3, -0.25) is 0 Å². The van der Waals surface area contributed by atoms with Crippen LogP contribution in [0.25, 0.3) is 0 Å². The van der Waals surface area contributed by atoms with Crippen molar-refractivity contribution in [2.45, 2.75) is 51.2 Å². The second-order valence-electron chi connectivity index (χ2n) is 3.77. The molecule has 1 fully saturated rings. The Balaban J connectivity index is 2.30. The van der Waals surface area contributed by atoms with Crippen LogP contribution < -0.4 is 5.32 Å². The molecule has 0 aromatic rings. The lowest BCUT2D eigenvalue weighted by Crippen LogP contribution is -2.41. The van der Waals surface area contributed by atoms with Crippen molar-refractivity contribution in [1.82, 2.24) is 5.32 Å². The quantitative estimate of drug-likeness (QED) is 0.692. The lowest BCUT2D eigenvalue weighted by molar-refractivity contribution is -0.00737. The number of hydrogen-bond acceptors (Lipinski definition) is 2. The second-order valence-corrected chi connectivity index (χ2v) is 3.77. The fourth-order valence-electron chi connectivity index (χ4n) is 1.95. The number of nitrogens with one attached hydrogen (secondary N) is 1. The molecule has 0 amide bonds. The van der Waals surface area contributed by atoms with Gasteiger partial charge in [0.05, 0.1) is 6.10 Å². The average Bonchev–Trinajstić information content (AvgIpc) is 2.26. The van der Waals surface area contributed by atoms with E-state index in [2.05, 4.69) is 17.2 Å². The molecule has 2 nitrogen and oxygen atoms in total. The standard InChI is InChI=1S/C12H21NO/c1-3-4-5-8-11(13-2)12-9-6-7-10-14-12/h11-13H,5-10H2,1-2H3. The summed E-state index contributed by atoms with van der Waals surface area (Å²) >= 11 is 0. The minimum absolute atomic E-state index is 0.410. The van der Waals surface area contributed by atoms with Gasteiger partial charge in [0.2, 0.25) is 0 Å². The van der Waals surface area contributed by atoms with Crippen molar-refractivity contribution in [1.29, 1.82) is 0 Å². The van der Waals surface area contributed by atoms with Crippen LogP contribution >= 0.6 is 0 Å². The molecule has 0 aromatic carbocycles. The first-order valence-electron chi connectivity index (χ1n) is 5.57. The normalized spacial score (nSPS) is 23.7. The van der Waals surface area contributed by atoms with Gasteiger partial charge in [0.15, 0.2) is 0 Å². The van der Waals surface area contributed by atoms with Crippen LogP contribution in [0.1, 0.15) is 39.0 Å². The molecule has 1 aliphatic rings. The molecule has 1 rings (SSSR count). The highest BCUT2D eigenvalue weighted by atomic mass is 16.5. The molecule has 0 bridgehead atoms. The van der Waals surface area contributed by atoms with Gasteiger partial charge in [-0.25, -0.2) is 0 Å². The number of ether oxygens (including phenoxy) is 1. The van der Waals surface area contributed by atoms with E-state index in [4.69, 9.17) is 4.74 Å². The molecule has 0 aliphatic carbocycles. The minimum Gasteiger partial charge on any atom is -0.377 e. The molecule has 2 atom stereocenters. The van der Waals surface area contributed by atoms with Gasteiger partial charge in [-0.05, 0) is 39.7 Å². The monoisotopic (exact) mass is 195 g/mol. The average molecular weight is 195 g/mol. The molecule has 1 N–H and O–H groups in total. The van der Waals surface area contributed by atoms with Gasteiger partial charge < -0.3 is 10.1 Å². The maximum absolute atomic E-state index is 5.75. The smallest absolute Gasteiger partial charge is 0.0728 e. The highest BCUT2D eigenvalue weighted by Gasteiger charge is 2.22. The Bertz CT molecular complexity index is 198. The zero-order valence-electron chi connectivity index (χ0n) is 9.31. The van der Waals surface area contributed by atoms with Crippen LogP contribution in [0.2, 0.25) is 0 Å². The molecule has 1 saturated heterocycles. The second kappa shape index (κ2) is 6.86. The van der Waals surface area contributed by atoms with Crippen LogP contribution in [0, 0.1) is 11.8 Å². The Morgan fingerprint density at radius 3 is 2.93 bits per heavy atom. The molecule has 0 spiro atoms. The van der Waals surface area contributed by atoms with E-state index in [1.54, 1.807) is 0 Å². The van der Waals surface area contributed by atoms with Gasteiger partial charge in [-0.1, -0.05) is 0 Å². The van der Waals surface area contributed by atoms with Gasteiger partial charge in [0.25, 0.3) is 0 Å². The van der Waals surface area contributed by atoms with Crippen LogP contribution in [-0.2, 0) is 4.74 Å². The van der Waals surface area contributed by atoms with Crippen LogP contribution in [0.15, 0.2) is 0 Å². The topological polar surface area (TPSA) is 21.3 Å². The summed E-state index contributed by atoms with van der Waals surface area (Å²) in [5.74, 6) is 6.04. The van der Waals surface area contributed by atoms with Gasteiger partial charge >= 0.3 is 0 Å². The van der Waals surface area contributed by atoms with Crippen molar-refractivity contribution >= 4 is 0 Å². The molecule has 0 radical (unpaired) electrons. The third-order valence-electron chi connectivity index (χ3n) is 2.79. The Hall–Kier alpha value is -0.520. The first-order chi connectivity index (χ1) is 6.88. The third kappa shape index (κ3) is 3.69. The zero-order valence-corrected chi connectivity index (χ0v) is 9.31. The van der Waals surface area contributed by atoms with E-state index < -0.39 is 0 Å². The van der Waals surface area contributed by atoms with E-state index in [1.165, 1.54) is 19.3 Å². The van der Waals surface area contributed by atoms with Crippen molar-refractivity contribution in [3.05, 3.63) is 0 Å². The molecule has 0 saturated carbocycles. The predicted molar refractivity (Wildman–Crippen MR) is 59.1 cm³/mol. The van der Waals surface area contributed by atoms with Crippen molar-refractivity contribution in [2.75, 3.05) is 13.7 Å². The summed E-state index contributed by atoms with van der Waals surface area (Å²) in [6, 6.07) is 0.483. The van der Waals surface area contributed by atoms with E-state index in [9.17, 15) is 0 Å². The van der Waals surface area contributed by atoms with Crippen molar-refractivity contribution < 1.29 is 4.74 Å². The highest BCUT2D eigenvalue weighted by Crippen LogP contribution is 2.18. The first-order valence-corrected chi connectivity index (χ1v) is 5.57. The summed E-state index contributed by atoms with van der Waals surface area (Å²) < 4.78 is 5.75. The van der Waals surface area contributed by atoms with E-state index in [-0.39, 0.29) is 0 Å². The summed E-state index contributed by atoms with van der Waals surface area (Å²) in [5.41, 5.74) is 0. The molecule has 0 aromatic heterocycles. The Kier molecular flexibility index (Phi) is 5.66. The largest absolute Gasteiger partial charge is 0.377 e. The summed E-state index contributed by atoms with van der Waals surface area (Å²) in [7, 11) is 2.02. The molecule has 2 unspecified atom stereocenters. The lowest BCUT2D eigenvalue weighted by Gasteiger charge is -2.29. The van der Waals surface area contributed by atoms with E-state index in [1.807, 2.05) is 14.0 Å². The molecule has 1 heterocycles. The van der Waals surface area contributed by atoms with Crippen LogP contribution in [0.4, 0.5) is 0 Å². The summed E-state index contributed by atoms with van der Waals surface area (Å²) in [6.07, 6.45) is 6.21. The van der Waals surface area contributed by atoms with E-state index in [0.29, 0.717) is 12.1 Å². The fourth-order valence-corrected chi connectivity index (χ4v) is 1.95. The van der Waals surface area contributed by atoms with Crippen molar-refractivity contribution in [3.8, 4) is 11.8 Å². The van der Waals surface area contributed by atoms with Gasteiger partial charge in [0, 0.05) is 19.1 Å². The SMILES string of the molecule is CC#CCCC(NC)C1CCCCO1. The van der Waals surface area contributed by atoms with Gasteiger partial charge in [-0.2, -0.15) is 0 Å². The first kappa shape index (κ1) is 11.6. The van der Waals surface area contributed by atoms with Crippen molar-refractivity contribution in [2.24, 2.45) is 0 Å². The number of rotatable bonds is 4. The Labute approximate surface area is 87.4 Å². The maximum Gasteiger partial charge on any atom is 0.0728 e. The van der Waals surface area contributed by atoms with E-state index in [0.717, 1.165) is 19.4 Å². The Morgan fingerprint density at radius 2 is 2.36 bits per heavy atom. The van der Waals surface area contributed by atoms with E-state index >= 15 is 0 Å². The molecule has 2 heteroatoms. The van der Waals surface area contributed by atoms with Gasteiger partial charge in [-0.15, -0.1) is 11.8 Å². The van der Waals surface area contributed by atoms with Gasteiger partial charge in [0.1, 0.15) is 0 Å². The highest BCUT2D eigenvalue weighted by molar-refractivity contribution is 4.96. The zero-order chi connectivity index (χ0) is 10.2. The lowest BCUT2D eigenvalue weighted by atomic mass is 9.98. The molecule has 14 heavy (non-hydrogen) atoms. The molecule has 80 valence electrons. The summed E-state index contributed by atoms with van der Waals surface area (Å²) in [5, 5.41) is 3.34. The maximum atomic E-state index is 5.75. The van der Waals surface area contributed by atoms with Crippen LogP contribution in [0.3, 0.4) is 0 Å². The number of likely N-dealkylation sites (N-methyl/N-ethyl adjacent to an activating group) is 1. The number of hydrogen-bond donors (Lipinski definition) is 1.